The lowest BCUT2D eigenvalue weighted by Crippen LogP contribution is -2.57. The lowest BCUT2D eigenvalue weighted by Gasteiger charge is -2.37. The van der Waals surface area contributed by atoms with E-state index >= 15 is 0 Å². The highest BCUT2D eigenvalue weighted by atomic mass is 32.2. The highest BCUT2D eigenvalue weighted by Gasteiger charge is 2.33. The SMILES string of the molecule is CC1NCCN(S(=O)(=O)Cc2ccc(F)cc2)C1C. The molecule has 1 aliphatic rings. The fraction of sp³-hybridized carbons (Fsp3) is 0.538. The predicted molar refractivity (Wildman–Crippen MR) is 72.7 cm³/mol. The number of nitrogens with one attached hydrogen (secondary N) is 1. The van der Waals surface area contributed by atoms with Gasteiger partial charge >= 0.3 is 0 Å². The summed E-state index contributed by atoms with van der Waals surface area (Å²) >= 11 is 0. The van der Waals surface area contributed by atoms with Crippen LogP contribution >= 0.6 is 0 Å². The van der Waals surface area contributed by atoms with Crippen molar-refractivity contribution in [3.8, 4) is 0 Å². The number of hydrogen-bond donors (Lipinski definition) is 1. The first-order valence-corrected chi connectivity index (χ1v) is 7.98. The molecule has 4 nitrogen and oxygen atoms in total. The molecule has 1 heterocycles. The van der Waals surface area contributed by atoms with Crippen molar-refractivity contribution in [1.29, 1.82) is 0 Å². The van der Waals surface area contributed by atoms with Gasteiger partial charge in [-0.1, -0.05) is 12.1 Å². The van der Waals surface area contributed by atoms with Gasteiger partial charge in [-0.15, -0.1) is 0 Å². The third-order valence-electron chi connectivity index (χ3n) is 3.60. The van der Waals surface area contributed by atoms with Crippen molar-refractivity contribution in [2.75, 3.05) is 13.1 Å². The monoisotopic (exact) mass is 286 g/mol. The Bertz CT molecular complexity index is 530. The van der Waals surface area contributed by atoms with Crippen LogP contribution in [-0.4, -0.2) is 37.9 Å². The topological polar surface area (TPSA) is 49.4 Å². The van der Waals surface area contributed by atoms with Gasteiger partial charge in [-0.05, 0) is 31.5 Å². The van der Waals surface area contributed by atoms with Crippen molar-refractivity contribution in [1.82, 2.24) is 9.62 Å². The molecule has 2 rings (SSSR count). The minimum atomic E-state index is -3.36. The Hall–Kier alpha value is -0.980. The number of hydrogen-bond acceptors (Lipinski definition) is 3. The number of nitrogens with zero attached hydrogens (tertiary/aromatic N) is 1. The van der Waals surface area contributed by atoms with Crippen molar-refractivity contribution < 1.29 is 12.8 Å². The van der Waals surface area contributed by atoms with E-state index in [-0.39, 0.29) is 23.7 Å². The van der Waals surface area contributed by atoms with Crippen molar-refractivity contribution in [2.24, 2.45) is 0 Å². The Labute approximate surface area is 113 Å². The number of rotatable bonds is 3. The van der Waals surface area contributed by atoms with E-state index in [0.29, 0.717) is 18.7 Å². The van der Waals surface area contributed by atoms with Crippen LogP contribution in [-0.2, 0) is 15.8 Å². The molecule has 0 radical (unpaired) electrons. The van der Waals surface area contributed by atoms with Crippen LogP contribution in [0.5, 0.6) is 0 Å². The Morgan fingerprint density at radius 1 is 1.32 bits per heavy atom. The minimum absolute atomic E-state index is 0.0702. The first-order valence-electron chi connectivity index (χ1n) is 6.37. The van der Waals surface area contributed by atoms with Gasteiger partial charge in [-0.25, -0.2) is 12.8 Å². The van der Waals surface area contributed by atoms with Gasteiger partial charge < -0.3 is 5.32 Å². The second kappa shape index (κ2) is 5.56. The molecule has 0 saturated carbocycles. The molecule has 2 atom stereocenters. The minimum Gasteiger partial charge on any atom is -0.311 e. The molecular formula is C13H19FN2O2S. The summed E-state index contributed by atoms with van der Waals surface area (Å²) in [6.07, 6.45) is 0. The molecule has 1 fully saturated rings. The summed E-state index contributed by atoms with van der Waals surface area (Å²) in [7, 11) is -3.36. The molecule has 0 spiro atoms. The molecule has 0 aliphatic carbocycles. The van der Waals surface area contributed by atoms with E-state index in [2.05, 4.69) is 5.32 Å². The molecule has 19 heavy (non-hydrogen) atoms. The molecule has 1 aliphatic heterocycles. The van der Waals surface area contributed by atoms with Crippen molar-refractivity contribution >= 4 is 10.0 Å². The van der Waals surface area contributed by atoms with Crippen LogP contribution < -0.4 is 5.32 Å². The molecule has 6 heteroatoms. The zero-order valence-corrected chi connectivity index (χ0v) is 12.0. The number of benzene rings is 1. The third-order valence-corrected chi connectivity index (χ3v) is 5.52. The summed E-state index contributed by atoms with van der Waals surface area (Å²) in [6, 6.07) is 5.67. The standard InChI is InChI=1S/C13H19FN2O2S/c1-10-11(2)16(8-7-15-10)19(17,18)9-12-3-5-13(14)6-4-12/h3-6,10-11,15H,7-9H2,1-2H3. The molecule has 0 aromatic heterocycles. The van der Waals surface area contributed by atoms with E-state index in [9.17, 15) is 12.8 Å². The molecular weight excluding hydrogens is 267 g/mol. The van der Waals surface area contributed by atoms with E-state index in [1.54, 1.807) is 0 Å². The first kappa shape index (κ1) is 14.4. The van der Waals surface area contributed by atoms with Crippen molar-refractivity contribution in [2.45, 2.75) is 31.7 Å². The second-order valence-corrected chi connectivity index (χ2v) is 6.90. The number of halogens is 1. The van der Waals surface area contributed by atoms with Crippen molar-refractivity contribution in [3.63, 3.8) is 0 Å². The maximum absolute atomic E-state index is 12.8. The summed E-state index contributed by atoms with van der Waals surface area (Å²) in [5, 5.41) is 3.25. The van der Waals surface area contributed by atoms with Crippen molar-refractivity contribution in [3.05, 3.63) is 35.6 Å². The number of piperazine rings is 1. The van der Waals surface area contributed by atoms with Gasteiger partial charge in [0.2, 0.25) is 10.0 Å². The highest BCUT2D eigenvalue weighted by molar-refractivity contribution is 7.88. The molecule has 1 aromatic rings. The Morgan fingerprint density at radius 2 is 1.95 bits per heavy atom. The lowest BCUT2D eigenvalue weighted by atomic mass is 10.1. The average Bonchev–Trinajstić information content (AvgIpc) is 2.35. The van der Waals surface area contributed by atoms with E-state index in [1.165, 1.54) is 28.6 Å². The van der Waals surface area contributed by atoms with Crippen LogP contribution in [0.1, 0.15) is 19.4 Å². The van der Waals surface area contributed by atoms with Crippen LogP contribution in [0.25, 0.3) is 0 Å². The zero-order valence-electron chi connectivity index (χ0n) is 11.1. The first-order chi connectivity index (χ1) is 8.90. The maximum atomic E-state index is 12.8. The van der Waals surface area contributed by atoms with Gasteiger partial charge in [0.15, 0.2) is 0 Å². The third kappa shape index (κ3) is 3.32. The maximum Gasteiger partial charge on any atom is 0.218 e. The fourth-order valence-electron chi connectivity index (χ4n) is 2.29. The van der Waals surface area contributed by atoms with Gasteiger partial charge in [0.05, 0.1) is 5.75 Å². The molecule has 0 amide bonds. The second-order valence-electron chi connectivity index (χ2n) is 4.98. The van der Waals surface area contributed by atoms with Crippen LogP contribution in [0.2, 0.25) is 0 Å². The molecule has 1 aromatic carbocycles. The summed E-state index contributed by atoms with van der Waals surface area (Å²) in [5.41, 5.74) is 0.611. The summed E-state index contributed by atoms with van der Waals surface area (Å²) in [4.78, 5) is 0. The number of sulfonamides is 1. The molecule has 1 N–H and O–H groups in total. The van der Waals surface area contributed by atoms with Gasteiger partial charge in [-0.2, -0.15) is 4.31 Å². The van der Waals surface area contributed by atoms with E-state index in [4.69, 9.17) is 0 Å². The average molecular weight is 286 g/mol. The van der Waals surface area contributed by atoms with Gasteiger partial charge in [0, 0.05) is 25.2 Å². The van der Waals surface area contributed by atoms with Gasteiger partial charge in [-0.3, -0.25) is 0 Å². The summed E-state index contributed by atoms with van der Waals surface area (Å²) in [5.74, 6) is -0.435. The molecule has 0 bridgehead atoms. The Kier molecular flexibility index (Phi) is 4.23. The van der Waals surface area contributed by atoms with Crippen LogP contribution in [0.15, 0.2) is 24.3 Å². The highest BCUT2D eigenvalue weighted by Crippen LogP contribution is 2.18. The smallest absolute Gasteiger partial charge is 0.218 e. The predicted octanol–water partition coefficient (Wildman–Crippen LogP) is 1.34. The lowest BCUT2D eigenvalue weighted by molar-refractivity contribution is 0.232. The van der Waals surface area contributed by atoms with E-state index in [0.717, 1.165) is 0 Å². The molecule has 106 valence electrons. The Balaban J connectivity index is 2.15. The van der Waals surface area contributed by atoms with Crippen LogP contribution in [0.4, 0.5) is 4.39 Å². The largest absolute Gasteiger partial charge is 0.311 e. The normalized spacial score (nSPS) is 25.4. The summed E-state index contributed by atoms with van der Waals surface area (Å²) in [6.45, 7) is 5.02. The molecule has 2 unspecified atom stereocenters. The Morgan fingerprint density at radius 3 is 2.58 bits per heavy atom. The fourth-order valence-corrected chi connectivity index (χ4v) is 4.13. The molecule has 1 saturated heterocycles. The van der Waals surface area contributed by atoms with E-state index in [1.807, 2.05) is 13.8 Å². The van der Waals surface area contributed by atoms with Crippen LogP contribution in [0, 0.1) is 5.82 Å². The quantitative estimate of drug-likeness (QED) is 0.912. The summed E-state index contributed by atoms with van der Waals surface area (Å²) < 4.78 is 39.2. The van der Waals surface area contributed by atoms with Crippen LogP contribution in [0.3, 0.4) is 0 Å². The zero-order chi connectivity index (χ0) is 14.0. The van der Waals surface area contributed by atoms with Gasteiger partial charge in [0.1, 0.15) is 5.82 Å². The van der Waals surface area contributed by atoms with Gasteiger partial charge in [0.25, 0.3) is 0 Å². The van der Waals surface area contributed by atoms with E-state index < -0.39 is 10.0 Å².